The van der Waals surface area contributed by atoms with E-state index in [2.05, 4.69) is 4.74 Å². The molecule has 1 N–H and O–H groups in total. The van der Waals surface area contributed by atoms with Crippen LogP contribution in [0, 0.1) is 20.8 Å². The molecule has 3 rings (SSSR count). The lowest BCUT2D eigenvalue weighted by Gasteiger charge is -2.28. The second kappa shape index (κ2) is 9.85. The number of halogens is 3. The van der Waals surface area contributed by atoms with E-state index in [1.54, 1.807) is 38.1 Å². The molecule has 0 aliphatic rings. The van der Waals surface area contributed by atoms with Crippen LogP contribution in [-0.4, -0.2) is 29.5 Å². The molecule has 0 heterocycles. The van der Waals surface area contributed by atoms with Crippen LogP contribution < -0.4 is 0 Å². The van der Waals surface area contributed by atoms with Crippen LogP contribution in [0.4, 0.5) is 13.2 Å². The van der Waals surface area contributed by atoms with Gasteiger partial charge >= 0.3 is 12.1 Å². The van der Waals surface area contributed by atoms with Gasteiger partial charge in [0.15, 0.2) is 0 Å². The molecule has 0 radical (unpaired) electrons. The van der Waals surface area contributed by atoms with Crippen LogP contribution in [0.2, 0.25) is 0 Å². The van der Waals surface area contributed by atoms with Crippen molar-refractivity contribution in [2.24, 2.45) is 0 Å². The van der Waals surface area contributed by atoms with Gasteiger partial charge in [-0.05, 0) is 72.7 Å². The number of ether oxygens (including phenoxy) is 1. The molecule has 0 saturated heterocycles. The molecule has 34 heavy (non-hydrogen) atoms. The predicted molar refractivity (Wildman–Crippen MR) is 127 cm³/mol. The molecular formula is C28H27F3O3. The average Bonchev–Trinajstić information content (AvgIpc) is 2.77. The quantitative estimate of drug-likeness (QED) is 0.417. The summed E-state index contributed by atoms with van der Waals surface area (Å²) in [5.41, 5.74) is 1.09. The lowest BCUT2D eigenvalue weighted by atomic mass is 9.83. The zero-order valence-electron chi connectivity index (χ0n) is 19.5. The molecule has 0 spiro atoms. The summed E-state index contributed by atoms with van der Waals surface area (Å²) in [5, 5.41) is 10.8. The van der Waals surface area contributed by atoms with Gasteiger partial charge < -0.3 is 9.84 Å². The van der Waals surface area contributed by atoms with Crippen LogP contribution in [0.5, 0.6) is 0 Å². The van der Waals surface area contributed by atoms with E-state index in [1.165, 1.54) is 6.92 Å². The van der Waals surface area contributed by atoms with Gasteiger partial charge in [0.1, 0.15) is 0 Å². The van der Waals surface area contributed by atoms with Crippen LogP contribution in [0.15, 0.2) is 72.8 Å². The molecule has 0 aliphatic carbocycles. The fourth-order valence-corrected chi connectivity index (χ4v) is 4.18. The summed E-state index contributed by atoms with van der Waals surface area (Å²) in [6, 6.07) is 19.9. The lowest BCUT2D eigenvalue weighted by molar-refractivity contribution is -0.245. The van der Waals surface area contributed by atoms with E-state index in [4.69, 9.17) is 0 Å². The summed E-state index contributed by atoms with van der Waals surface area (Å²) in [4.78, 5) is 12.5. The van der Waals surface area contributed by atoms with Crippen molar-refractivity contribution in [2.45, 2.75) is 39.5 Å². The topological polar surface area (TPSA) is 46.5 Å². The second-order valence-corrected chi connectivity index (χ2v) is 8.23. The molecule has 0 aromatic heterocycles. The van der Waals surface area contributed by atoms with Gasteiger partial charge in [0.05, 0.1) is 6.61 Å². The second-order valence-electron chi connectivity index (χ2n) is 8.23. The molecule has 178 valence electrons. The molecule has 0 saturated carbocycles. The maximum Gasteiger partial charge on any atom is 0.431 e. The molecule has 3 aromatic rings. The smallest absolute Gasteiger partial charge is 0.431 e. The van der Waals surface area contributed by atoms with Crippen LogP contribution in [-0.2, 0) is 9.53 Å². The number of aryl methyl sites for hydroxylation is 3. The van der Waals surface area contributed by atoms with E-state index < -0.39 is 17.7 Å². The fraction of sp³-hybridized carbons (Fsp3) is 0.250. The number of carbonyl (C=O) groups is 1. The maximum atomic E-state index is 14.2. The third-order valence-electron chi connectivity index (χ3n) is 5.62. The van der Waals surface area contributed by atoms with Crippen molar-refractivity contribution in [3.63, 3.8) is 0 Å². The first kappa shape index (κ1) is 25.2. The fourth-order valence-electron chi connectivity index (χ4n) is 4.18. The van der Waals surface area contributed by atoms with Gasteiger partial charge in [0, 0.05) is 0 Å². The van der Waals surface area contributed by atoms with E-state index in [9.17, 15) is 23.1 Å². The third kappa shape index (κ3) is 4.92. The van der Waals surface area contributed by atoms with Crippen molar-refractivity contribution in [3.05, 3.63) is 101 Å². The van der Waals surface area contributed by atoms with Gasteiger partial charge in [0.2, 0.25) is 0 Å². The Bertz CT molecular complexity index is 1190. The molecule has 1 atom stereocenters. The molecule has 0 amide bonds. The lowest BCUT2D eigenvalue weighted by Crippen LogP contribution is -2.51. The summed E-state index contributed by atoms with van der Waals surface area (Å²) >= 11 is 0. The van der Waals surface area contributed by atoms with Gasteiger partial charge in [0.25, 0.3) is 5.60 Å². The van der Waals surface area contributed by atoms with E-state index in [-0.39, 0.29) is 12.2 Å². The average molecular weight is 469 g/mol. The Morgan fingerprint density at radius 2 is 1.50 bits per heavy atom. The SMILES string of the molecule is CCOC(=O)[C@](O)(/C=C(/c1ccccc1-c1ccccc1)c1c(C)cc(C)cc1C)C(F)(F)F. The van der Waals surface area contributed by atoms with Crippen LogP contribution in [0.1, 0.15) is 34.7 Å². The summed E-state index contributed by atoms with van der Waals surface area (Å²) in [7, 11) is 0. The Labute approximate surface area is 197 Å². The Balaban J connectivity index is 2.43. The Morgan fingerprint density at radius 1 is 0.941 bits per heavy atom. The molecule has 0 fully saturated rings. The normalized spacial score (nSPS) is 13.9. The van der Waals surface area contributed by atoms with E-state index in [0.29, 0.717) is 22.8 Å². The molecule has 0 unspecified atom stereocenters. The first-order chi connectivity index (χ1) is 16.0. The highest BCUT2D eigenvalue weighted by molar-refractivity contribution is 5.94. The Morgan fingerprint density at radius 3 is 2.06 bits per heavy atom. The minimum Gasteiger partial charge on any atom is -0.463 e. The molecule has 3 nitrogen and oxygen atoms in total. The molecule has 0 bridgehead atoms. The van der Waals surface area contributed by atoms with Gasteiger partial charge in [-0.2, -0.15) is 13.2 Å². The van der Waals surface area contributed by atoms with Crippen molar-refractivity contribution in [3.8, 4) is 11.1 Å². The zero-order chi connectivity index (χ0) is 25.1. The highest BCUT2D eigenvalue weighted by atomic mass is 19.4. The number of alkyl halides is 3. The van der Waals surface area contributed by atoms with Gasteiger partial charge in [-0.1, -0.05) is 72.3 Å². The molecule has 6 heteroatoms. The van der Waals surface area contributed by atoms with Crippen molar-refractivity contribution in [1.29, 1.82) is 0 Å². The number of carbonyl (C=O) groups excluding carboxylic acids is 1. The number of hydrogen-bond donors (Lipinski definition) is 1. The highest BCUT2D eigenvalue weighted by Gasteiger charge is 2.59. The third-order valence-corrected chi connectivity index (χ3v) is 5.62. The first-order valence-electron chi connectivity index (χ1n) is 10.9. The predicted octanol–water partition coefficient (Wildman–Crippen LogP) is 6.57. The highest BCUT2D eigenvalue weighted by Crippen LogP contribution is 2.41. The van der Waals surface area contributed by atoms with Gasteiger partial charge in [-0.3, -0.25) is 0 Å². The van der Waals surface area contributed by atoms with Crippen molar-refractivity contribution in [1.82, 2.24) is 0 Å². The number of hydrogen-bond acceptors (Lipinski definition) is 3. The summed E-state index contributed by atoms with van der Waals surface area (Å²) < 4.78 is 47.1. The van der Waals surface area contributed by atoms with Gasteiger partial charge in [-0.25, -0.2) is 4.79 Å². The standard InChI is InChI=1S/C28H27F3O3/c1-5-34-26(32)27(33,28(29,30)31)17-24(25-19(3)15-18(2)16-20(25)4)23-14-10-9-13-22(23)21-11-7-6-8-12-21/h6-17,33H,5H2,1-4H3/b24-17-/t27-/m1/s1. The van der Waals surface area contributed by atoms with E-state index in [0.717, 1.165) is 22.3 Å². The van der Waals surface area contributed by atoms with Crippen LogP contribution >= 0.6 is 0 Å². The monoisotopic (exact) mass is 468 g/mol. The van der Waals surface area contributed by atoms with Crippen molar-refractivity contribution >= 4 is 11.5 Å². The van der Waals surface area contributed by atoms with E-state index in [1.807, 2.05) is 49.4 Å². The zero-order valence-corrected chi connectivity index (χ0v) is 19.5. The minimum atomic E-state index is -5.29. The number of esters is 1. The summed E-state index contributed by atoms with van der Waals surface area (Å²) in [5.74, 6) is -1.76. The largest absolute Gasteiger partial charge is 0.463 e. The molecule has 3 aromatic carbocycles. The van der Waals surface area contributed by atoms with E-state index >= 15 is 0 Å². The minimum absolute atomic E-state index is 0.0994. The number of benzene rings is 3. The Hall–Kier alpha value is -3.38. The maximum absolute atomic E-state index is 14.2. The van der Waals surface area contributed by atoms with Crippen LogP contribution in [0.3, 0.4) is 0 Å². The summed E-state index contributed by atoms with van der Waals surface area (Å²) in [6.07, 6.45) is -4.70. The molecule has 0 aliphatic heterocycles. The Kier molecular flexibility index (Phi) is 7.32. The molecular weight excluding hydrogens is 441 g/mol. The number of rotatable bonds is 6. The summed E-state index contributed by atoms with van der Waals surface area (Å²) in [6.45, 7) is 6.58. The first-order valence-corrected chi connectivity index (χ1v) is 10.9. The van der Waals surface area contributed by atoms with Crippen molar-refractivity contribution in [2.75, 3.05) is 6.61 Å². The van der Waals surface area contributed by atoms with Crippen molar-refractivity contribution < 1.29 is 27.8 Å². The number of aliphatic hydroxyl groups is 1. The van der Waals surface area contributed by atoms with Gasteiger partial charge in [-0.15, -0.1) is 0 Å². The van der Waals surface area contributed by atoms with Crippen LogP contribution in [0.25, 0.3) is 16.7 Å².